The van der Waals surface area contributed by atoms with Gasteiger partial charge in [-0.05, 0) is 53.6 Å². The van der Waals surface area contributed by atoms with Gasteiger partial charge in [0.25, 0.3) is 0 Å². The topological polar surface area (TPSA) is 125 Å². The monoisotopic (exact) mass is 452 g/mol. The molecular weight excluding hydrogens is 424 g/mol. The maximum Gasteiger partial charge on any atom is 0.240 e. The third kappa shape index (κ3) is 10.6. The van der Waals surface area contributed by atoms with Crippen molar-refractivity contribution in [2.75, 3.05) is 17.2 Å². The van der Waals surface area contributed by atoms with Gasteiger partial charge in [-0.3, -0.25) is 4.79 Å². The van der Waals surface area contributed by atoms with Gasteiger partial charge in [0.05, 0.1) is 5.69 Å². The van der Waals surface area contributed by atoms with Crippen LogP contribution < -0.4 is 17.2 Å². The highest BCUT2D eigenvalue weighted by Gasteiger charge is 2.05. The first-order chi connectivity index (χ1) is 16.5. The number of nitrogen functional groups attached to an aromatic ring is 3. The summed E-state index contributed by atoms with van der Waals surface area (Å²) in [5.41, 5.74) is 21.2. The summed E-state index contributed by atoms with van der Waals surface area (Å²) in [6.07, 6.45) is 2.39. The molecule has 0 heterocycles. The van der Waals surface area contributed by atoms with Crippen LogP contribution in [0.3, 0.4) is 0 Å². The molecule has 34 heavy (non-hydrogen) atoms. The first-order valence-corrected chi connectivity index (χ1v) is 10.6. The van der Waals surface area contributed by atoms with Crippen molar-refractivity contribution < 1.29 is 9.59 Å². The Morgan fingerprint density at radius 1 is 0.618 bits per heavy atom. The molecule has 6 nitrogen and oxygen atoms in total. The Bertz CT molecular complexity index is 1190. The van der Waals surface area contributed by atoms with Crippen LogP contribution in [0.25, 0.3) is 0 Å². The van der Waals surface area contributed by atoms with Crippen LogP contribution in [0.2, 0.25) is 0 Å². The summed E-state index contributed by atoms with van der Waals surface area (Å²) in [6, 6.07) is 33.4. The minimum atomic E-state index is 0.210. The third-order valence-electron chi connectivity index (χ3n) is 4.44. The van der Waals surface area contributed by atoms with Crippen LogP contribution in [0.1, 0.15) is 11.1 Å². The average molecular weight is 453 g/mol. The molecule has 4 aromatic rings. The summed E-state index contributed by atoms with van der Waals surface area (Å²) in [6.45, 7) is 0. The van der Waals surface area contributed by atoms with E-state index in [2.05, 4.69) is 4.99 Å². The van der Waals surface area contributed by atoms with E-state index in [1.54, 1.807) is 30.3 Å². The maximum absolute atomic E-state index is 11.9. The van der Waals surface area contributed by atoms with Crippen molar-refractivity contribution >= 4 is 34.6 Å². The molecule has 0 fully saturated rings. The number of benzene rings is 4. The molecule has 0 spiro atoms. The van der Waals surface area contributed by atoms with Crippen molar-refractivity contribution in [2.45, 2.75) is 12.8 Å². The van der Waals surface area contributed by atoms with E-state index in [1.165, 1.54) is 6.08 Å². The van der Waals surface area contributed by atoms with Crippen LogP contribution in [0.4, 0.5) is 22.7 Å². The smallest absolute Gasteiger partial charge is 0.240 e. The van der Waals surface area contributed by atoms with E-state index >= 15 is 0 Å². The van der Waals surface area contributed by atoms with Gasteiger partial charge in [-0.15, -0.1) is 0 Å². The van der Waals surface area contributed by atoms with E-state index < -0.39 is 0 Å². The average Bonchev–Trinajstić information content (AvgIpc) is 2.81. The van der Waals surface area contributed by atoms with Crippen molar-refractivity contribution in [3.8, 4) is 0 Å². The molecule has 0 aliphatic rings. The lowest BCUT2D eigenvalue weighted by molar-refractivity contribution is -0.117. The van der Waals surface area contributed by atoms with Crippen molar-refractivity contribution in [2.24, 2.45) is 4.99 Å². The summed E-state index contributed by atoms with van der Waals surface area (Å²) < 4.78 is 0. The van der Waals surface area contributed by atoms with E-state index in [0.29, 0.717) is 35.6 Å². The molecule has 0 aromatic heterocycles. The van der Waals surface area contributed by atoms with Crippen molar-refractivity contribution in [1.29, 1.82) is 0 Å². The molecule has 0 bridgehead atoms. The van der Waals surface area contributed by atoms with Gasteiger partial charge in [0, 0.05) is 29.9 Å². The van der Waals surface area contributed by atoms with Gasteiger partial charge in [0.2, 0.25) is 6.08 Å². The minimum absolute atomic E-state index is 0.210. The maximum atomic E-state index is 11.9. The zero-order valence-corrected chi connectivity index (χ0v) is 18.8. The lowest BCUT2D eigenvalue weighted by Gasteiger charge is -2.02. The molecule has 4 aromatic carbocycles. The van der Waals surface area contributed by atoms with E-state index in [0.717, 1.165) is 11.1 Å². The second-order valence-corrected chi connectivity index (χ2v) is 7.33. The molecule has 0 aliphatic carbocycles. The van der Waals surface area contributed by atoms with Gasteiger partial charge in [-0.1, -0.05) is 66.7 Å². The molecule has 6 N–H and O–H groups in total. The number of aliphatic imine (C=N–C) groups is 1. The van der Waals surface area contributed by atoms with E-state index in [4.69, 9.17) is 17.2 Å². The quantitative estimate of drug-likeness (QED) is 0.220. The van der Waals surface area contributed by atoms with Crippen molar-refractivity contribution in [1.82, 2.24) is 0 Å². The highest BCUT2D eigenvalue weighted by molar-refractivity contribution is 5.83. The zero-order chi connectivity index (χ0) is 24.6. The van der Waals surface area contributed by atoms with Gasteiger partial charge >= 0.3 is 0 Å². The van der Waals surface area contributed by atoms with Crippen LogP contribution in [0, 0.1) is 0 Å². The molecule has 0 saturated heterocycles. The number of Topliss-reactive ketones (excluding diaryl/α,β-unsaturated/α-hetero) is 1. The van der Waals surface area contributed by atoms with Crippen molar-refractivity contribution in [3.05, 3.63) is 120 Å². The van der Waals surface area contributed by atoms with Crippen LogP contribution in [0.15, 0.2) is 114 Å². The van der Waals surface area contributed by atoms with Gasteiger partial charge < -0.3 is 17.2 Å². The molecule has 0 saturated carbocycles. The number of para-hydroxylation sites is 1. The highest BCUT2D eigenvalue weighted by Crippen LogP contribution is 2.10. The molecule has 0 amide bonds. The van der Waals surface area contributed by atoms with Gasteiger partial charge in [0.15, 0.2) is 0 Å². The highest BCUT2D eigenvalue weighted by atomic mass is 16.1. The number of isocyanates is 1. The number of hydrogen-bond donors (Lipinski definition) is 3. The molecule has 0 aliphatic heterocycles. The first-order valence-electron chi connectivity index (χ1n) is 10.6. The molecule has 0 radical (unpaired) electrons. The van der Waals surface area contributed by atoms with Crippen molar-refractivity contribution in [3.63, 3.8) is 0 Å². The number of nitrogens with zero attached hydrogens (tertiary/aromatic N) is 1. The molecule has 0 unspecified atom stereocenters. The van der Waals surface area contributed by atoms with Crippen LogP contribution >= 0.6 is 0 Å². The second kappa shape index (κ2) is 14.4. The molecule has 0 atom stereocenters. The fourth-order valence-corrected chi connectivity index (χ4v) is 2.93. The Labute approximate surface area is 199 Å². The Morgan fingerprint density at radius 3 is 1.59 bits per heavy atom. The Balaban J connectivity index is 0.000000201. The summed E-state index contributed by atoms with van der Waals surface area (Å²) >= 11 is 0. The first kappa shape index (κ1) is 25.6. The predicted octanol–water partition coefficient (Wildman–Crippen LogP) is 5.13. The zero-order valence-electron chi connectivity index (χ0n) is 18.8. The normalized spacial score (nSPS) is 9.29. The number of anilines is 3. The lowest BCUT2D eigenvalue weighted by Crippen LogP contribution is -2.06. The number of rotatable bonds is 5. The molecule has 172 valence electrons. The molecule has 4 rings (SSSR count). The number of ketones is 1. The Kier molecular flexibility index (Phi) is 10.8. The Morgan fingerprint density at radius 2 is 1.09 bits per heavy atom. The second-order valence-electron chi connectivity index (χ2n) is 7.33. The summed E-state index contributed by atoms with van der Waals surface area (Å²) in [4.78, 5) is 24.9. The number of hydrogen-bond acceptors (Lipinski definition) is 6. The Hall–Kier alpha value is -4.67. The number of carbonyl (C=O) groups is 1. The lowest BCUT2D eigenvalue weighted by atomic mass is 10.0. The van der Waals surface area contributed by atoms with Gasteiger partial charge in [0.1, 0.15) is 5.78 Å². The fraction of sp³-hybridized carbons (Fsp3) is 0.0714. The predicted molar refractivity (Wildman–Crippen MR) is 139 cm³/mol. The SMILES string of the molecule is Nc1cccc(CC(=O)Cc2ccccc2)c1.Nc1cccc(N)c1.O=C=Nc1ccccc1. The standard InChI is InChI=1S/C15H15NO.C7H5NO.C6H8N2/c16-14-8-4-7-13(9-14)11-15(17)10-12-5-2-1-3-6-12;9-6-8-7-4-2-1-3-5-7;7-5-2-1-3-6(8)4-5/h1-9H,10-11,16H2;1-5H;1-4H,7-8H2. The molecule has 6 heteroatoms. The third-order valence-corrected chi connectivity index (χ3v) is 4.44. The van der Waals surface area contributed by atoms with Crippen LogP contribution in [0.5, 0.6) is 0 Å². The van der Waals surface area contributed by atoms with Gasteiger partial charge in [-0.25, -0.2) is 4.79 Å². The summed E-state index contributed by atoms with van der Waals surface area (Å²) in [7, 11) is 0. The molecular formula is C28H28N4O2. The number of nitrogens with two attached hydrogens (primary N) is 3. The van der Waals surface area contributed by atoms with Crippen LogP contribution in [-0.4, -0.2) is 11.9 Å². The fourth-order valence-electron chi connectivity index (χ4n) is 2.93. The summed E-state index contributed by atoms with van der Waals surface area (Å²) in [5.74, 6) is 0.210. The largest absolute Gasteiger partial charge is 0.399 e. The van der Waals surface area contributed by atoms with Gasteiger partial charge in [-0.2, -0.15) is 4.99 Å². The summed E-state index contributed by atoms with van der Waals surface area (Å²) in [5, 5.41) is 0. The van der Waals surface area contributed by atoms with E-state index in [-0.39, 0.29) is 5.78 Å². The minimum Gasteiger partial charge on any atom is -0.399 e. The van der Waals surface area contributed by atoms with E-state index in [9.17, 15) is 9.59 Å². The number of carbonyl (C=O) groups excluding carboxylic acids is 2. The van der Waals surface area contributed by atoms with Crippen LogP contribution in [-0.2, 0) is 22.4 Å². The van der Waals surface area contributed by atoms with E-state index in [1.807, 2.05) is 78.9 Å².